The molecule has 8 heteroatoms. The number of halogens is 1. The average molecular weight is 380 g/mol. The third-order valence-corrected chi connectivity index (χ3v) is 5.54. The lowest BCUT2D eigenvalue weighted by Crippen LogP contribution is -2.50. The summed E-state index contributed by atoms with van der Waals surface area (Å²) in [5.41, 5.74) is 0.915. The Kier molecular flexibility index (Phi) is 5.98. The number of aromatic nitrogens is 3. The first-order chi connectivity index (χ1) is 12.1. The Morgan fingerprint density at radius 3 is 2.60 bits per heavy atom. The van der Waals surface area contributed by atoms with Crippen LogP contribution >= 0.6 is 23.4 Å². The Bertz CT molecular complexity index is 712. The molecular weight excluding hydrogens is 358 g/mol. The van der Waals surface area contributed by atoms with E-state index in [0.29, 0.717) is 16.0 Å². The lowest BCUT2D eigenvalue weighted by atomic mass is 10.2. The monoisotopic (exact) mass is 379 g/mol. The van der Waals surface area contributed by atoms with Crippen LogP contribution in [0.25, 0.3) is 11.4 Å². The zero-order valence-electron chi connectivity index (χ0n) is 14.4. The van der Waals surface area contributed by atoms with Crippen molar-refractivity contribution in [1.29, 1.82) is 0 Å². The first-order valence-electron chi connectivity index (χ1n) is 8.43. The summed E-state index contributed by atoms with van der Waals surface area (Å²) < 4.78 is 0. The van der Waals surface area contributed by atoms with Crippen molar-refractivity contribution in [2.45, 2.75) is 24.3 Å². The van der Waals surface area contributed by atoms with Crippen molar-refractivity contribution in [2.75, 3.05) is 32.7 Å². The van der Waals surface area contributed by atoms with Crippen molar-refractivity contribution in [3.8, 4) is 11.4 Å². The molecule has 1 aliphatic rings. The smallest absolute Gasteiger partial charge is 0.235 e. The van der Waals surface area contributed by atoms with E-state index in [0.717, 1.165) is 38.3 Å². The highest BCUT2D eigenvalue weighted by Crippen LogP contribution is 2.24. The van der Waals surface area contributed by atoms with Gasteiger partial charge in [-0.1, -0.05) is 30.3 Å². The topological polar surface area (TPSA) is 65.1 Å². The van der Waals surface area contributed by atoms with Crippen LogP contribution in [0.5, 0.6) is 0 Å². The summed E-state index contributed by atoms with van der Waals surface area (Å²) in [5.74, 6) is 0.828. The van der Waals surface area contributed by atoms with Gasteiger partial charge in [-0.15, -0.1) is 5.10 Å². The number of benzene rings is 1. The molecule has 2 heterocycles. The van der Waals surface area contributed by atoms with Crippen LogP contribution in [0.4, 0.5) is 0 Å². The van der Waals surface area contributed by atoms with Crippen molar-refractivity contribution in [3.63, 3.8) is 0 Å². The first-order valence-corrected chi connectivity index (χ1v) is 9.68. The van der Waals surface area contributed by atoms with Crippen LogP contribution in [0.1, 0.15) is 13.8 Å². The predicted molar refractivity (Wildman–Crippen MR) is 101 cm³/mol. The number of nitrogens with zero attached hydrogens (tertiary/aromatic N) is 4. The number of thioether (sulfide) groups is 1. The van der Waals surface area contributed by atoms with Gasteiger partial charge in [0.25, 0.3) is 0 Å². The van der Waals surface area contributed by atoms with Crippen LogP contribution in [0.2, 0.25) is 5.02 Å². The summed E-state index contributed by atoms with van der Waals surface area (Å²) >= 11 is 7.29. The third-order valence-electron chi connectivity index (χ3n) is 4.34. The molecule has 1 fully saturated rings. The lowest BCUT2D eigenvalue weighted by Gasteiger charge is -2.35. The summed E-state index contributed by atoms with van der Waals surface area (Å²) in [6.07, 6.45) is 0. The highest BCUT2D eigenvalue weighted by molar-refractivity contribution is 8.00. The minimum Gasteiger partial charge on any atom is -0.339 e. The molecule has 0 spiro atoms. The fourth-order valence-corrected chi connectivity index (χ4v) is 3.72. The summed E-state index contributed by atoms with van der Waals surface area (Å²) in [6.45, 7) is 8.58. The van der Waals surface area contributed by atoms with E-state index in [1.807, 2.05) is 36.1 Å². The largest absolute Gasteiger partial charge is 0.339 e. The summed E-state index contributed by atoms with van der Waals surface area (Å²) in [4.78, 5) is 21.4. The summed E-state index contributed by atoms with van der Waals surface area (Å²) in [7, 11) is 0. The van der Waals surface area contributed by atoms with Crippen molar-refractivity contribution in [1.82, 2.24) is 25.0 Å². The molecule has 1 aliphatic heterocycles. The lowest BCUT2D eigenvalue weighted by molar-refractivity contribution is -0.132. The fourth-order valence-electron chi connectivity index (χ4n) is 2.79. The van der Waals surface area contributed by atoms with Gasteiger partial charge in [-0.05, 0) is 37.7 Å². The number of hydrogen-bond acceptors (Lipinski definition) is 5. The Morgan fingerprint density at radius 2 is 1.96 bits per heavy atom. The molecule has 0 radical (unpaired) electrons. The van der Waals surface area contributed by atoms with Gasteiger partial charge in [0, 0.05) is 36.8 Å². The van der Waals surface area contributed by atoms with Crippen LogP contribution in [0.3, 0.4) is 0 Å². The normalized spacial score (nSPS) is 16.8. The number of carbonyl (C=O) groups is 1. The quantitative estimate of drug-likeness (QED) is 0.809. The van der Waals surface area contributed by atoms with E-state index in [4.69, 9.17) is 11.6 Å². The molecule has 1 N–H and O–H groups in total. The van der Waals surface area contributed by atoms with Gasteiger partial charge in [0.2, 0.25) is 11.1 Å². The molecular formula is C17H22ClN5OS. The molecule has 1 aromatic carbocycles. The van der Waals surface area contributed by atoms with Crippen molar-refractivity contribution in [2.24, 2.45) is 0 Å². The Balaban J connectivity index is 1.59. The maximum Gasteiger partial charge on any atom is 0.235 e. The molecule has 1 saturated heterocycles. The van der Waals surface area contributed by atoms with Crippen LogP contribution < -0.4 is 0 Å². The molecule has 0 saturated carbocycles. The number of carbonyl (C=O) groups excluding carboxylic acids is 1. The van der Waals surface area contributed by atoms with Crippen LogP contribution in [0, 0.1) is 0 Å². The Labute approximate surface area is 156 Å². The summed E-state index contributed by atoms with van der Waals surface area (Å²) in [6, 6.07) is 7.40. The molecule has 134 valence electrons. The molecule has 1 atom stereocenters. The number of aromatic amines is 1. The van der Waals surface area contributed by atoms with Gasteiger partial charge in [0.1, 0.15) is 0 Å². The standard InChI is InChI=1S/C17H22ClN5OS/c1-3-22-8-10-23(11-9-22)16(24)12(2)25-17-19-15(20-21-17)13-4-6-14(18)7-5-13/h4-7,12H,3,8-11H2,1-2H3,(H,19,20,21)/t12-/m1/s1. The minimum atomic E-state index is -0.206. The Hall–Kier alpha value is -1.57. The molecule has 25 heavy (non-hydrogen) atoms. The Morgan fingerprint density at radius 1 is 1.28 bits per heavy atom. The van der Waals surface area contributed by atoms with Crippen LogP contribution in [-0.2, 0) is 4.79 Å². The molecule has 2 aromatic rings. The number of rotatable bonds is 5. The second-order valence-corrected chi connectivity index (χ2v) is 7.74. The van der Waals surface area contributed by atoms with Crippen molar-refractivity contribution in [3.05, 3.63) is 29.3 Å². The molecule has 1 aromatic heterocycles. The minimum absolute atomic E-state index is 0.151. The van der Waals surface area contributed by atoms with Crippen LogP contribution in [0.15, 0.2) is 29.4 Å². The van der Waals surface area contributed by atoms with E-state index < -0.39 is 0 Å². The van der Waals surface area contributed by atoms with Gasteiger partial charge in [-0.2, -0.15) is 0 Å². The van der Waals surface area contributed by atoms with E-state index in [1.165, 1.54) is 11.8 Å². The fraction of sp³-hybridized carbons (Fsp3) is 0.471. The second-order valence-electron chi connectivity index (χ2n) is 5.99. The SMILES string of the molecule is CCN1CCN(C(=O)[C@@H](C)Sc2n[nH]c(-c3ccc(Cl)cc3)n2)CC1. The van der Waals surface area contributed by atoms with Gasteiger partial charge in [0.05, 0.1) is 5.25 Å². The summed E-state index contributed by atoms with van der Waals surface area (Å²) in [5, 5.41) is 8.20. The van der Waals surface area contributed by atoms with Gasteiger partial charge < -0.3 is 9.80 Å². The van der Waals surface area contributed by atoms with Crippen molar-refractivity contribution >= 4 is 29.3 Å². The van der Waals surface area contributed by atoms with Crippen LogP contribution in [-0.4, -0.2) is 68.9 Å². The maximum atomic E-state index is 12.6. The van der Waals surface area contributed by atoms with E-state index in [9.17, 15) is 4.79 Å². The van der Waals surface area contributed by atoms with E-state index >= 15 is 0 Å². The van der Waals surface area contributed by atoms with Gasteiger partial charge >= 0.3 is 0 Å². The van der Waals surface area contributed by atoms with Crippen molar-refractivity contribution < 1.29 is 4.79 Å². The molecule has 0 unspecified atom stereocenters. The number of likely N-dealkylation sites (N-methyl/N-ethyl adjacent to an activating group) is 1. The zero-order chi connectivity index (χ0) is 17.8. The zero-order valence-corrected chi connectivity index (χ0v) is 16.0. The van der Waals surface area contributed by atoms with E-state index in [-0.39, 0.29) is 11.2 Å². The number of H-pyrrole nitrogens is 1. The first kappa shape index (κ1) is 18.2. The molecule has 1 amide bonds. The number of piperazine rings is 1. The van der Waals surface area contributed by atoms with E-state index in [2.05, 4.69) is 27.0 Å². The second kappa shape index (κ2) is 8.21. The molecule has 3 rings (SSSR count). The molecule has 0 aliphatic carbocycles. The highest BCUT2D eigenvalue weighted by atomic mass is 35.5. The van der Waals surface area contributed by atoms with Gasteiger partial charge in [0.15, 0.2) is 5.82 Å². The van der Waals surface area contributed by atoms with E-state index in [1.54, 1.807) is 0 Å². The number of amides is 1. The predicted octanol–water partition coefficient (Wildman–Crippen LogP) is 2.77. The molecule has 6 nitrogen and oxygen atoms in total. The molecule has 0 bridgehead atoms. The highest BCUT2D eigenvalue weighted by Gasteiger charge is 2.26. The number of hydrogen-bond donors (Lipinski definition) is 1. The number of nitrogens with one attached hydrogen (secondary N) is 1. The average Bonchev–Trinajstić information content (AvgIpc) is 3.10. The maximum absolute atomic E-state index is 12.6. The third kappa shape index (κ3) is 4.54. The van der Waals surface area contributed by atoms with Gasteiger partial charge in [-0.25, -0.2) is 4.98 Å². The van der Waals surface area contributed by atoms with Gasteiger partial charge in [-0.3, -0.25) is 9.89 Å².